The number of rotatable bonds is 8. The summed E-state index contributed by atoms with van der Waals surface area (Å²) < 4.78 is 0. The van der Waals surface area contributed by atoms with Crippen molar-refractivity contribution in [1.29, 1.82) is 0 Å². The van der Waals surface area contributed by atoms with Crippen LogP contribution in [-0.4, -0.2) is 17.7 Å². The van der Waals surface area contributed by atoms with Crippen molar-refractivity contribution in [3.05, 3.63) is 35.9 Å². The molecule has 0 saturated carbocycles. The van der Waals surface area contributed by atoms with Gasteiger partial charge in [-0.25, -0.2) is 0 Å². The largest absolute Gasteiger partial charge is 0.387 e. The highest BCUT2D eigenvalue weighted by Crippen LogP contribution is 2.11. The Morgan fingerprint density at radius 2 is 1.88 bits per heavy atom. The summed E-state index contributed by atoms with van der Waals surface area (Å²) in [6.45, 7) is 5.04. The molecule has 1 rings (SSSR count). The predicted molar refractivity (Wildman–Crippen MR) is 73.0 cm³/mol. The van der Waals surface area contributed by atoms with Gasteiger partial charge in [0, 0.05) is 12.6 Å². The van der Waals surface area contributed by atoms with Crippen LogP contribution in [0, 0.1) is 0 Å². The first-order valence-electron chi connectivity index (χ1n) is 6.70. The second kappa shape index (κ2) is 8.26. The molecule has 0 spiro atoms. The number of aliphatic hydroxyl groups is 1. The van der Waals surface area contributed by atoms with E-state index in [0.717, 1.165) is 5.56 Å². The highest BCUT2D eigenvalue weighted by atomic mass is 16.3. The maximum Gasteiger partial charge on any atom is 0.0914 e. The molecule has 0 aromatic heterocycles. The average molecular weight is 235 g/mol. The Hall–Kier alpha value is -0.860. The average Bonchev–Trinajstić information content (AvgIpc) is 2.37. The minimum absolute atomic E-state index is 0.398. The minimum Gasteiger partial charge on any atom is -0.387 e. The molecule has 2 N–H and O–H groups in total. The summed E-state index contributed by atoms with van der Waals surface area (Å²) in [5.41, 5.74) is 0.987. The van der Waals surface area contributed by atoms with Crippen LogP contribution in [0.3, 0.4) is 0 Å². The van der Waals surface area contributed by atoms with Crippen LogP contribution in [0.4, 0.5) is 0 Å². The Bertz CT molecular complexity index is 286. The van der Waals surface area contributed by atoms with E-state index in [9.17, 15) is 5.11 Å². The third kappa shape index (κ3) is 5.85. The van der Waals surface area contributed by atoms with E-state index < -0.39 is 6.10 Å². The highest BCUT2D eigenvalue weighted by Gasteiger charge is 2.08. The number of hydrogen-bond acceptors (Lipinski definition) is 2. The van der Waals surface area contributed by atoms with Crippen molar-refractivity contribution < 1.29 is 5.11 Å². The van der Waals surface area contributed by atoms with E-state index in [0.29, 0.717) is 12.6 Å². The number of unbranched alkanes of at least 4 members (excludes halogenated alkanes) is 2. The number of aliphatic hydroxyl groups excluding tert-OH is 1. The maximum atomic E-state index is 9.98. The van der Waals surface area contributed by atoms with E-state index in [1.165, 1.54) is 25.7 Å². The van der Waals surface area contributed by atoms with E-state index >= 15 is 0 Å². The zero-order valence-corrected chi connectivity index (χ0v) is 11.0. The van der Waals surface area contributed by atoms with Crippen LogP contribution in [0.25, 0.3) is 0 Å². The van der Waals surface area contributed by atoms with Gasteiger partial charge in [-0.05, 0) is 18.9 Å². The molecule has 1 aromatic carbocycles. The summed E-state index contributed by atoms with van der Waals surface area (Å²) in [7, 11) is 0. The highest BCUT2D eigenvalue weighted by molar-refractivity contribution is 5.17. The predicted octanol–water partition coefficient (Wildman–Crippen LogP) is 3.28. The Morgan fingerprint density at radius 1 is 1.18 bits per heavy atom. The van der Waals surface area contributed by atoms with Gasteiger partial charge in [-0.15, -0.1) is 0 Å². The zero-order valence-electron chi connectivity index (χ0n) is 11.0. The van der Waals surface area contributed by atoms with E-state index in [2.05, 4.69) is 19.2 Å². The van der Waals surface area contributed by atoms with Gasteiger partial charge in [0.15, 0.2) is 0 Å². The molecule has 1 aromatic rings. The number of nitrogens with one attached hydrogen (secondary N) is 1. The first-order chi connectivity index (χ1) is 8.24. The molecular formula is C15H25NO. The molecule has 96 valence electrons. The van der Waals surface area contributed by atoms with Crippen molar-refractivity contribution in [3.63, 3.8) is 0 Å². The minimum atomic E-state index is -0.398. The van der Waals surface area contributed by atoms with Gasteiger partial charge >= 0.3 is 0 Å². The molecular weight excluding hydrogens is 210 g/mol. The normalized spacial score (nSPS) is 14.5. The Morgan fingerprint density at radius 3 is 2.53 bits per heavy atom. The van der Waals surface area contributed by atoms with Crippen molar-refractivity contribution in [2.24, 2.45) is 0 Å². The topological polar surface area (TPSA) is 32.3 Å². The fourth-order valence-corrected chi connectivity index (χ4v) is 1.91. The third-order valence-electron chi connectivity index (χ3n) is 3.08. The summed E-state index contributed by atoms with van der Waals surface area (Å²) in [6.07, 6.45) is 4.62. The van der Waals surface area contributed by atoms with Gasteiger partial charge in [-0.1, -0.05) is 56.5 Å². The number of benzene rings is 1. The van der Waals surface area contributed by atoms with Crippen LogP contribution >= 0.6 is 0 Å². The molecule has 0 aliphatic carbocycles. The Kier molecular flexibility index (Phi) is 6.90. The summed E-state index contributed by atoms with van der Waals surface area (Å²) in [5.74, 6) is 0. The lowest BCUT2D eigenvalue weighted by Crippen LogP contribution is -2.30. The fourth-order valence-electron chi connectivity index (χ4n) is 1.91. The van der Waals surface area contributed by atoms with Gasteiger partial charge in [0.25, 0.3) is 0 Å². The smallest absolute Gasteiger partial charge is 0.0914 e. The van der Waals surface area contributed by atoms with Gasteiger partial charge in [0.2, 0.25) is 0 Å². The van der Waals surface area contributed by atoms with Gasteiger partial charge < -0.3 is 10.4 Å². The standard InChI is InChI=1S/C15H25NO/c1-3-4-6-9-13(2)16-12-15(17)14-10-7-5-8-11-14/h5,7-8,10-11,13,15-17H,3-4,6,9,12H2,1-2H3/t13-,15-/m0/s1. The van der Waals surface area contributed by atoms with Crippen LogP contribution in [0.1, 0.15) is 51.2 Å². The van der Waals surface area contributed by atoms with E-state index in [1.54, 1.807) is 0 Å². The molecule has 0 heterocycles. The second-order valence-electron chi connectivity index (χ2n) is 4.73. The van der Waals surface area contributed by atoms with Crippen molar-refractivity contribution >= 4 is 0 Å². The molecule has 2 nitrogen and oxygen atoms in total. The molecule has 0 aliphatic heterocycles. The van der Waals surface area contributed by atoms with Gasteiger partial charge in [0.1, 0.15) is 0 Å². The lowest BCUT2D eigenvalue weighted by atomic mass is 10.1. The van der Waals surface area contributed by atoms with Crippen LogP contribution < -0.4 is 5.32 Å². The van der Waals surface area contributed by atoms with Crippen molar-refractivity contribution in [2.75, 3.05) is 6.54 Å². The van der Waals surface area contributed by atoms with Crippen molar-refractivity contribution in [2.45, 2.75) is 51.7 Å². The van der Waals surface area contributed by atoms with Crippen molar-refractivity contribution in [3.8, 4) is 0 Å². The molecule has 0 fully saturated rings. The van der Waals surface area contributed by atoms with Gasteiger partial charge in [-0.3, -0.25) is 0 Å². The zero-order chi connectivity index (χ0) is 12.5. The van der Waals surface area contributed by atoms with Crippen LogP contribution in [0.15, 0.2) is 30.3 Å². The summed E-state index contributed by atoms with van der Waals surface area (Å²) in [6, 6.07) is 10.3. The van der Waals surface area contributed by atoms with Crippen LogP contribution in [0.2, 0.25) is 0 Å². The number of hydrogen-bond donors (Lipinski definition) is 2. The van der Waals surface area contributed by atoms with E-state index in [1.807, 2.05) is 30.3 Å². The van der Waals surface area contributed by atoms with Crippen LogP contribution in [0.5, 0.6) is 0 Å². The fraction of sp³-hybridized carbons (Fsp3) is 0.600. The summed E-state index contributed by atoms with van der Waals surface area (Å²) >= 11 is 0. The maximum absolute atomic E-state index is 9.98. The van der Waals surface area contributed by atoms with E-state index in [4.69, 9.17) is 0 Å². The van der Waals surface area contributed by atoms with Gasteiger partial charge in [0.05, 0.1) is 6.10 Å². The second-order valence-corrected chi connectivity index (χ2v) is 4.73. The molecule has 2 heteroatoms. The Labute approximate surface area is 105 Å². The molecule has 0 saturated heterocycles. The lowest BCUT2D eigenvalue weighted by molar-refractivity contribution is 0.170. The molecule has 0 unspecified atom stereocenters. The molecule has 0 radical (unpaired) electrons. The van der Waals surface area contributed by atoms with E-state index in [-0.39, 0.29) is 0 Å². The third-order valence-corrected chi connectivity index (χ3v) is 3.08. The first kappa shape index (κ1) is 14.2. The SMILES string of the molecule is CCCCC[C@H](C)NC[C@H](O)c1ccccc1. The first-order valence-corrected chi connectivity index (χ1v) is 6.70. The monoisotopic (exact) mass is 235 g/mol. The summed E-state index contributed by atoms with van der Waals surface area (Å²) in [5, 5.41) is 13.4. The van der Waals surface area contributed by atoms with Crippen LogP contribution in [-0.2, 0) is 0 Å². The molecule has 0 amide bonds. The Balaban J connectivity index is 2.21. The van der Waals surface area contributed by atoms with Crippen molar-refractivity contribution in [1.82, 2.24) is 5.32 Å². The molecule has 17 heavy (non-hydrogen) atoms. The molecule has 2 atom stereocenters. The quantitative estimate of drug-likeness (QED) is 0.678. The van der Waals surface area contributed by atoms with Gasteiger partial charge in [-0.2, -0.15) is 0 Å². The molecule has 0 aliphatic rings. The molecule has 0 bridgehead atoms. The summed E-state index contributed by atoms with van der Waals surface area (Å²) in [4.78, 5) is 0. The lowest BCUT2D eigenvalue weighted by Gasteiger charge is -2.17.